The summed E-state index contributed by atoms with van der Waals surface area (Å²) in [6.07, 6.45) is 21.1. The highest BCUT2D eigenvalue weighted by atomic mass is 15.3. The molecule has 0 N–H and O–H groups in total. The molecular formula is C20H38N+. The summed E-state index contributed by atoms with van der Waals surface area (Å²) in [5.74, 6) is 0. The number of allylic oxidation sites excluding steroid dienone is 2. The van der Waals surface area contributed by atoms with Gasteiger partial charge >= 0.3 is 0 Å². The van der Waals surface area contributed by atoms with E-state index in [1.165, 1.54) is 88.3 Å². The first-order valence-electron chi connectivity index (χ1n) is 9.43. The maximum atomic E-state index is 2.48. The summed E-state index contributed by atoms with van der Waals surface area (Å²) in [4.78, 5) is 0. The number of hydrogen-bond donors (Lipinski definition) is 0. The van der Waals surface area contributed by atoms with Gasteiger partial charge in [0, 0.05) is 0 Å². The molecule has 0 amide bonds. The van der Waals surface area contributed by atoms with Crippen LogP contribution in [0, 0.1) is 0 Å². The molecule has 1 rings (SSSR count). The summed E-state index contributed by atoms with van der Waals surface area (Å²) in [6, 6.07) is 0. The van der Waals surface area contributed by atoms with Gasteiger partial charge in [0.15, 0.2) is 0 Å². The summed E-state index contributed by atoms with van der Waals surface area (Å²) in [7, 11) is 0. The van der Waals surface area contributed by atoms with Crippen LogP contribution in [0.5, 0.6) is 0 Å². The fraction of sp³-hybridized carbons (Fsp3) is 0.800. The molecule has 122 valence electrons. The van der Waals surface area contributed by atoms with Crippen LogP contribution < -0.4 is 0 Å². The van der Waals surface area contributed by atoms with Gasteiger partial charge in [-0.25, -0.2) is 0 Å². The molecule has 1 heterocycles. The molecule has 0 atom stereocenters. The van der Waals surface area contributed by atoms with Gasteiger partial charge in [0.05, 0.1) is 19.3 Å². The van der Waals surface area contributed by atoms with Crippen LogP contribution in [0.25, 0.3) is 0 Å². The van der Waals surface area contributed by atoms with Gasteiger partial charge < -0.3 is 0 Å². The smallest absolute Gasteiger partial charge is 0.105 e. The van der Waals surface area contributed by atoms with E-state index in [1.54, 1.807) is 5.57 Å². The average Bonchev–Trinajstić information content (AvgIpc) is 2.47. The maximum Gasteiger partial charge on any atom is 0.105 e. The van der Waals surface area contributed by atoms with Crippen molar-refractivity contribution >= 4 is 0 Å². The van der Waals surface area contributed by atoms with Gasteiger partial charge in [0.25, 0.3) is 0 Å². The highest BCUT2D eigenvalue weighted by molar-refractivity contribution is 5.12. The minimum Gasteiger partial charge on any atom is -0.294 e. The first kappa shape index (κ1) is 18.5. The Morgan fingerprint density at radius 1 is 0.810 bits per heavy atom. The molecule has 1 heteroatoms. The average molecular weight is 293 g/mol. The molecule has 0 fully saturated rings. The second-order valence-electron chi connectivity index (χ2n) is 7.01. The standard InChI is InChI=1S/C20H38N/c1-4-6-8-10-12-16-21(17-13-11-9-7-5-2)18-14-15-20(3)19-21/h14-15,18H,4-13,16-17,19H2,1-3H3/q+1. The Morgan fingerprint density at radius 3 is 1.81 bits per heavy atom. The summed E-state index contributed by atoms with van der Waals surface area (Å²) in [5.41, 5.74) is 1.56. The molecule has 1 aliphatic heterocycles. The molecule has 21 heavy (non-hydrogen) atoms. The normalized spacial score (nSPS) is 17.0. The summed E-state index contributed by atoms with van der Waals surface area (Å²) >= 11 is 0. The zero-order valence-electron chi connectivity index (χ0n) is 14.9. The van der Waals surface area contributed by atoms with E-state index in [4.69, 9.17) is 0 Å². The topological polar surface area (TPSA) is 0 Å². The molecule has 0 spiro atoms. The minimum atomic E-state index is 1.22. The largest absolute Gasteiger partial charge is 0.294 e. The van der Waals surface area contributed by atoms with E-state index in [-0.39, 0.29) is 0 Å². The van der Waals surface area contributed by atoms with Gasteiger partial charge in [-0.15, -0.1) is 0 Å². The Balaban J connectivity index is 2.36. The van der Waals surface area contributed by atoms with Crippen molar-refractivity contribution in [3.05, 3.63) is 23.9 Å². The maximum absolute atomic E-state index is 2.48. The van der Waals surface area contributed by atoms with Crippen LogP contribution in [0.15, 0.2) is 23.9 Å². The highest BCUT2D eigenvalue weighted by Gasteiger charge is 2.26. The molecule has 0 aliphatic carbocycles. The first-order valence-corrected chi connectivity index (χ1v) is 9.43. The zero-order chi connectivity index (χ0) is 15.4. The van der Waals surface area contributed by atoms with E-state index in [2.05, 4.69) is 39.1 Å². The summed E-state index contributed by atoms with van der Waals surface area (Å²) in [6.45, 7) is 10.8. The second-order valence-corrected chi connectivity index (χ2v) is 7.01. The molecule has 1 aliphatic rings. The van der Waals surface area contributed by atoms with Crippen molar-refractivity contribution in [1.29, 1.82) is 0 Å². The number of nitrogens with zero attached hydrogens (tertiary/aromatic N) is 1. The lowest BCUT2D eigenvalue weighted by Crippen LogP contribution is -2.46. The van der Waals surface area contributed by atoms with Crippen LogP contribution in [0.1, 0.15) is 85.0 Å². The molecule has 0 saturated carbocycles. The fourth-order valence-corrected chi connectivity index (χ4v) is 3.47. The zero-order valence-corrected chi connectivity index (χ0v) is 14.9. The highest BCUT2D eigenvalue weighted by Crippen LogP contribution is 2.21. The Morgan fingerprint density at radius 2 is 1.33 bits per heavy atom. The van der Waals surface area contributed by atoms with Crippen molar-refractivity contribution in [3.63, 3.8) is 0 Å². The number of quaternary nitrogens is 1. The van der Waals surface area contributed by atoms with E-state index < -0.39 is 0 Å². The van der Waals surface area contributed by atoms with Crippen molar-refractivity contribution in [2.45, 2.75) is 85.0 Å². The summed E-state index contributed by atoms with van der Waals surface area (Å²) in [5, 5.41) is 0. The van der Waals surface area contributed by atoms with E-state index in [0.29, 0.717) is 0 Å². The molecular weight excluding hydrogens is 254 g/mol. The van der Waals surface area contributed by atoms with Crippen LogP contribution in [0.4, 0.5) is 0 Å². The minimum absolute atomic E-state index is 1.22. The Labute approximate surface area is 133 Å². The second kappa shape index (κ2) is 11.1. The molecule has 0 radical (unpaired) electrons. The van der Waals surface area contributed by atoms with E-state index in [0.717, 1.165) is 0 Å². The Hall–Kier alpha value is -0.560. The molecule has 0 aromatic rings. The van der Waals surface area contributed by atoms with Crippen LogP contribution in [0.3, 0.4) is 0 Å². The lowest BCUT2D eigenvalue weighted by molar-refractivity contribution is -0.876. The van der Waals surface area contributed by atoms with Gasteiger partial charge in [-0.1, -0.05) is 58.4 Å². The van der Waals surface area contributed by atoms with Gasteiger partial charge in [-0.05, 0) is 44.3 Å². The third-order valence-electron chi connectivity index (χ3n) is 4.76. The van der Waals surface area contributed by atoms with Crippen molar-refractivity contribution < 1.29 is 4.48 Å². The quantitative estimate of drug-likeness (QED) is 0.296. The van der Waals surface area contributed by atoms with E-state index in [1.807, 2.05) is 0 Å². The predicted octanol–water partition coefficient (Wildman–Crippen LogP) is 6.22. The van der Waals surface area contributed by atoms with Crippen LogP contribution in [-0.4, -0.2) is 24.1 Å². The molecule has 0 aromatic carbocycles. The molecule has 1 nitrogen and oxygen atoms in total. The van der Waals surface area contributed by atoms with Gasteiger partial charge in [-0.3, -0.25) is 4.48 Å². The predicted molar refractivity (Wildman–Crippen MR) is 95.3 cm³/mol. The fourth-order valence-electron chi connectivity index (χ4n) is 3.47. The van der Waals surface area contributed by atoms with Crippen LogP contribution >= 0.6 is 0 Å². The van der Waals surface area contributed by atoms with Crippen molar-refractivity contribution in [2.75, 3.05) is 19.6 Å². The van der Waals surface area contributed by atoms with Gasteiger partial charge in [0.1, 0.15) is 6.54 Å². The Bertz CT molecular complexity index is 300. The Kier molecular flexibility index (Phi) is 9.74. The van der Waals surface area contributed by atoms with Gasteiger partial charge in [0.2, 0.25) is 0 Å². The van der Waals surface area contributed by atoms with Crippen molar-refractivity contribution in [1.82, 2.24) is 0 Å². The number of hydrogen-bond acceptors (Lipinski definition) is 0. The molecule has 0 aromatic heterocycles. The molecule has 0 bridgehead atoms. The monoisotopic (exact) mass is 292 g/mol. The van der Waals surface area contributed by atoms with Gasteiger partial charge in [-0.2, -0.15) is 0 Å². The van der Waals surface area contributed by atoms with Crippen molar-refractivity contribution in [3.8, 4) is 0 Å². The lowest BCUT2D eigenvalue weighted by atomic mass is 10.1. The van der Waals surface area contributed by atoms with Crippen LogP contribution in [0.2, 0.25) is 0 Å². The van der Waals surface area contributed by atoms with E-state index in [9.17, 15) is 0 Å². The van der Waals surface area contributed by atoms with Crippen LogP contribution in [-0.2, 0) is 0 Å². The third-order valence-corrected chi connectivity index (χ3v) is 4.76. The van der Waals surface area contributed by atoms with Crippen molar-refractivity contribution in [2.24, 2.45) is 0 Å². The lowest BCUT2D eigenvalue weighted by Gasteiger charge is -2.37. The SMILES string of the molecule is CCCCCCC[N+]1(CCCCCCC)C=CC=C(C)C1. The summed E-state index contributed by atoms with van der Waals surface area (Å²) < 4.78 is 1.22. The molecule has 0 unspecified atom stereocenters. The first-order chi connectivity index (χ1) is 10.2. The van der Waals surface area contributed by atoms with E-state index >= 15 is 0 Å². The molecule has 0 saturated heterocycles. The third kappa shape index (κ3) is 7.85. The number of rotatable bonds is 12. The number of unbranched alkanes of at least 4 members (excludes halogenated alkanes) is 8.